The maximum atomic E-state index is 12.6. The van der Waals surface area contributed by atoms with Crippen LogP contribution in [0.1, 0.15) is 12.8 Å². The van der Waals surface area contributed by atoms with Crippen molar-refractivity contribution in [1.82, 2.24) is 0 Å². The first-order valence-electron chi connectivity index (χ1n) is 2.72. The lowest BCUT2D eigenvalue weighted by atomic mass is 9.78. The van der Waals surface area contributed by atoms with Crippen LogP contribution in [-0.4, -0.2) is 23.4 Å². The van der Waals surface area contributed by atoms with E-state index in [-0.39, 0.29) is 12.6 Å². The van der Waals surface area contributed by atoms with Gasteiger partial charge in [0.25, 0.3) is 0 Å². The zero-order valence-electron chi connectivity index (χ0n) is 4.60. The van der Waals surface area contributed by atoms with E-state index in [4.69, 9.17) is 10.8 Å². The molecule has 1 fully saturated rings. The predicted molar refractivity (Wildman–Crippen MR) is 28.1 cm³/mol. The molecule has 1 saturated carbocycles. The number of rotatable bonds is 1. The highest BCUT2D eigenvalue weighted by Crippen LogP contribution is 2.33. The second kappa shape index (κ2) is 1.67. The fourth-order valence-electron chi connectivity index (χ4n) is 1.01. The van der Waals surface area contributed by atoms with E-state index in [1.807, 2.05) is 0 Å². The molecule has 0 aromatic rings. The minimum absolute atomic E-state index is 0.0212. The summed E-state index contributed by atoms with van der Waals surface area (Å²) in [5, 5.41) is 8.33. The normalized spacial score (nSPS) is 46.1. The molecule has 0 spiro atoms. The monoisotopic (exact) mass is 119 g/mol. The van der Waals surface area contributed by atoms with Gasteiger partial charge < -0.3 is 10.8 Å². The third-order valence-electron chi connectivity index (χ3n) is 1.54. The Morgan fingerprint density at radius 1 is 1.75 bits per heavy atom. The molecule has 8 heavy (non-hydrogen) atoms. The molecular weight excluding hydrogens is 109 g/mol. The molecule has 0 aromatic heterocycles. The first-order valence-corrected chi connectivity index (χ1v) is 2.72. The number of hydrogen-bond acceptors (Lipinski definition) is 2. The summed E-state index contributed by atoms with van der Waals surface area (Å²) in [5.74, 6) is 0. The van der Waals surface area contributed by atoms with Gasteiger partial charge in [-0.3, -0.25) is 0 Å². The Balaban J connectivity index is 2.30. The highest BCUT2D eigenvalue weighted by atomic mass is 19.1. The van der Waals surface area contributed by atoms with Crippen LogP contribution in [0.25, 0.3) is 0 Å². The van der Waals surface area contributed by atoms with E-state index in [1.165, 1.54) is 0 Å². The van der Waals surface area contributed by atoms with Crippen LogP contribution in [0.3, 0.4) is 0 Å². The highest BCUT2D eigenvalue weighted by Gasteiger charge is 2.42. The fourth-order valence-corrected chi connectivity index (χ4v) is 1.01. The third kappa shape index (κ3) is 0.833. The summed E-state index contributed by atoms with van der Waals surface area (Å²) < 4.78 is 12.6. The Morgan fingerprint density at radius 3 is 2.38 bits per heavy atom. The third-order valence-corrected chi connectivity index (χ3v) is 1.54. The van der Waals surface area contributed by atoms with Gasteiger partial charge in [-0.1, -0.05) is 0 Å². The number of aliphatic hydroxyl groups is 1. The molecule has 1 aliphatic rings. The van der Waals surface area contributed by atoms with Crippen LogP contribution in [-0.2, 0) is 0 Å². The van der Waals surface area contributed by atoms with Gasteiger partial charge in [0.15, 0.2) is 0 Å². The number of halogens is 1. The lowest BCUT2D eigenvalue weighted by Gasteiger charge is -2.37. The molecule has 3 N–H and O–H groups in total. The van der Waals surface area contributed by atoms with Crippen molar-refractivity contribution in [3.05, 3.63) is 0 Å². The topological polar surface area (TPSA) is 46.2 Å². The summed E-state index contributed by atoms with van der Waals surface area (Å²) in [6.07, 6.45) is 0.646. The molecule has 0 aromatic carbocycles. The zero-order chi connectivity index (χ0) is 6.20. The molecule has 1 rings (SSSR count). The summed E-state index contributed by atoms with van der Waals surface area (Å²) in [7, 11) is 0. The maximum Gasteiger partial charge on any atom is 0.136 e. The standard InChI is InChI=1S/C5H10FNO/c6-5(3-8)1-4(7)2-5/h4,8H,1-3,7H2. The van der Waals surface area contributed by atoms with Gasteiger partial charge in [-0.25, -0.2) is 4.39 Å². The van der Waals surface area contributed by atoms with E-state index < -0.39 is 5.67 Å². The molecular formula is C5H10FNO. The van der Waals surface area contributed by atoms with Gasteiger partial charge >= 0.3 is 0 Å². The molecule has 0 unspecified atom stereocenters. The van der Waals surface area contributed by atoms with Crippen LogP contribution in [0.4, 0.5) is 4.39 Å². The second-order valence-electron chi connectivity index (χ2n) is 2.48. The van der Waals surface area contributed by atoms with Crippen molar-refractivity contribution in [2.75, 3.05) is 6.61 Å². The number of hydrogen-bond donors (Lipinski definition) is 2. The van der Waals surface area contributed by atoms with E-state index in [1.54, 1.807) is 0 Å². The lowest BCUT2D eigenvalue weighted by molar-refractivity contribution is -0.0113. The molecule has 1 aliphatic carbocycles. The number of alkyl halides is 1. The highest BCUT2D eigenvalue weighted by molar-refractivity contribution is 4.96. The van der Waals surface area contributed by atoms with Crippen LogP contribution in [0.2, 0.25) is 0 Å². The Kier molecular flexibility index (Phi) is 1.25. The number of nitrogens with two attached hydrogens (primary N) is 1. The molecule has 0 amide bonds. The molecule has 0 aliphatic heterocycles. The van der Waals surface area contributed by atoms with E-state index >= 15 is 0 Å². The quantitative estimate of drug-likeness (QED) is 0.502. The molecule has 0 saturated heterocycles. The average molecular weight is 119 g/mol. The summed E-state index contributed by atoms with van der Waals surface area (Å²) in [4.78, 5) is 0. The van der Waals surface area contributed by atoms with Crippen LogP contribution in [0.5, 0.6) is 0 Å². The first-order chi connectivity index (χ1) is 3.66. The van der Waals surface area contributed by atoms with Crippen LogP contribution in [0.15, 0.2) is 0 Å². The average Bonchev–Trinajstić information content (AvgIpc) is 1.63. The van der Waals surface area contributed by atoms with Crippen molar-refractivity contribution in [3.8, 4) is 0 Å². The largest absolute Gasteiger partial charge is 0.393 e. The van der Waals surface area contributed by atoms with Crippen LogP contribution >= 0.6 is 0 Å². The van der Waals surface area contributed by atoms with E-state index in [2.05, 4.69) is 0 Å². The van der Waals surface area contributed by atoms with Crippen molar-refractivity contribution in [2.45, 2.75) is 24.6 Å². The molecule has 2 nitrogen and oxygen atoms in total. The molecule has 0 radical (unpaired) electrons. The van der Waals surface area contributed by atoms with Gasteiger partial charge in [0, 0.05) is 6.04 Å². The second-order valence-corrected chi connectivity index (χ2v) is 2.48. The molecule has 0 heterocycles. The van der Waals surface area contributed by atoms with Crippen molar-refractivity contribution < 1.29 is 9.50 Å². The molecule has 48 valence electrons. The van der Waals surface area contributed by atoms with Gasteiger partial charge in [0.2, 0.25) is 0 Å². The van der Waals surface area contributed by atoms with E-state index in [0.29, 0.717) is 12.8 Å². The van der Waals surface area contributed by atoms with E-state index in [0.717, 1.165) is 0 Å². The fraction of sp³-hybridized carbons (Fsp3) is 1.00. The summed E-state index contributed by atoms with van der Waals surface area (Å²) in [5.41, 5.74) is 3.94. The van der Waals surface area contributed by atoms with Crippen LogP contribution in [0, 0.1) is 0 Å². The lowest BCUT2D eigenvalue weighted by Crippen LogP contribution is -2.50. The zero-order valence-corrected chi connectivity index (χ0v) is 4.60. The first kappa shape index (κ1) is 5.98. The Bertz CT molecular complexity index is 90.4. The van der Waals surface area contributed by atoms with Crippen molar-refractivity contribution in [1.29, 1.82) is 0 Å². The minimum atomic E-state index is -1.33. The van der Waals surface area contributed by atoms with Gasteiger partial charge in [-0.05, 0) is 12.8 Å². The summed E-state index contributed by atoms with van der Waals surface area (Å²) in [6, 6.07) is -0.0212. The Hall–Kier alpha value is -0.150. The van der Waals surface area contributed by atoms with Crippen molar-refractivity contribution >= 4 is 0 Å². The predicted octanol–water partition coefficient (Wildman–Crippen LogP) is -0.192. The van der Waals surface area contributed by atoms with Gasteiger partial charge in [0.1, 0.15) is 5.67 Å². The van der Waals surface area contributed by atoms with Gasteiger partial charge in [0.05, 0.1) is 6.61 Å². The van der Waals surface area contributed by atoms with E-state index in [9.17, 15) is 4.39 Å². The van der Waals surface area contributed by atoms with Gasteiger partial charge in [-0.15, -0.1) is 0 Å². The SMILES string of the molecule is NC1CC(F)(CO)C1. The Labute approximate surface area is 47.5 Å². The van der Waals surface area contributed by atoms with Crippen molar-refractivity contribution in [2.24, 2.45) is 5.73 Å². The molecule has 0 bridgehead atoms. The summed E-state index contributed by atoms with van der Waals surface area (Å²) in [6.45, 7) is -0.374. The minimum Gasteiger partial charge on any atom is -0.393 e. The summed E-state index contributed by atoms with van der Waals surface area (Å²) >= 11 is 0. The Morgan fingerprint density at radius 2 is 2.25 bits per heavy atom. The van der Waals surface area contributed by atoms with Crippen LogP contribution < -0.4 is 5.73 Å². The maximum absolute atomic E-state index is 12.6. The number of aliphatic hydroxyl groups excluding tert-OH is 1. The van der Waals surface area contributed by atoms with Crippen molar-refractivity contribution in [3.63, 3.8) is 0 Å². The molecule has 3 heteroatoms. The smallest absolute Gasteiger partial charge is 0.136 e. The molecule has 0 atom stereocenters. The van der Waals surface area contributed by atoms with Gasteiger partial charge in [-0.2, -0.15) is 0 Å².